The highest BCUT2D eigenvalue weighted by molar-refractivity contribution is 6.35. The predicted octanol–water partition coefficient (Wildman–Crippen LogP) is 2.17. The highest BCUT2D eigenvalue weighted by Crippen LogP contribution is 2.35. The van der Waals surface area contributed by atoms with Gasteiger partial charge in [-0.05, 0) is 32.9 Å². The lowest BCUT2D eigenvalue weighted by molar-refractivity contribution is -0.137. The molecular formula is C18H26ClN5O. The van der Waals surface area contributed by atoms with Crippen LogP contribution in [0.5, 0.6) is 0 Å². The third kappa shape index (κ3) is 4.00. The molecule has 0 aliphatic carbocycles. The lowest BCUT2D eigenvalue weighted by Gasteiger charge is -2.48. The van der Waals surface area contributed by atoms with E-state index in [2.05, 4.69) is 31.7 Å². The Hall–Kier alpha value is -1.97. The Kier molecular flexibility index (Phi) is 5.50. The molecule has 1 aliphatic rings. The van der Waals surface area contributed by atoms with Crippen molar-refractivity contribution in [3.8, 4) is 6.07 Å². The largest absolute Gasteiger partial charge is 0.397 e. The Morgan fingerprint density at radius 2 is 2.00 bits per heavy atom. The molecule has 1 aliphatic heterocycles. The van der Waals surface area contributed by atoms with Crippen LogP contribution in [0, 0.1) is 11.3 Å². The Bertz CT molecular complexity index is 705. The van der Waals surface area contributed by atoms with Gasteiger partial charge in [-0.2, -0.15) is 5.26 Å². The molecule has 2 rings (SSSR count). The molecule has 1 fully saturated rings. The summed E-state index contributed by atoms with van der Waals surface area (Å²) in [6, 6.07) is 5.13. The van der Waals surface area contributed by atoms with Gasteiger partial charge in [-0.1, -0.05) is 11.6 Å². The first-order chi connectivity index (χ1) is 11.6. The highest BCUT2D eigenvalue weighted by atomic mass is 35.5. The van der Waals surface area contributed by atoms with Crippen molar-refractivity contribution in [1.29, 1.82) is 5.26 Å². The van der Waals surface area contributed by atoms with Gasteiger partial charge in [-0.3, -0.25) is 9.69 Å². The first-order valence-corrected chi connectivity index (χ1v) is 8.66. The molecule has 7 heteroatoms. The number of nitrogens with zero attached hydrogens (tertiary/aromatic N) is 4. The normalized spacial score (nSPS) is 18.8. The zero-order chi connectivity index (χ0) is 18.9. The van der Waals surface area contributed by atoms with Gasteiger partial charge >= 0.3 is 0 Å². The van der Waals surface area contributed by atoms with Gasteiger partial charge in [-0.25, -0.2) is 0 Å². The molecule has 1 aromatic carbocycles. The number of anilines is 2. The van der Waals surface area contributed by atoms with E-state index in [0.29, 0.717) is 35.1 Å². The van der Waals surface area contributed by atoms with E-state index in [-0.39, 0.29) is 17.5 Å². The standard InChI is InChI=1S/C18H26ClN5O/c1-18(2,3)24-7-6-23(11-15(24)17(25)22(4)5)14-9-12(10-20)8-13(21)16(14)19/h8-9,15H,6-7,11,21H2,1-5H3. The van der Waals surface area contributed by atoms with Crippen molar-refractivity contribution in [1.82, 2.24) is 9.80 Å². The number of benzene rings is 1. The molecule has 0 radical (unpaired) electrons. The van der Waals surface area contributed by atoms with E-state index in [4.69, 9.17) is 17.3 Å². The summed E-state index contributed by atoms with van der Waals surface area (Å²) in [6.07, 6.45) is 0. The monoisotopic (exact) mass is 363 g/mol. The smallest absolute Gasteiger partial charge is 0.241 e. The average molecular weight is 364 g/mol. The maximum atomic E-state index is 12.8. The zero-order valence-electron chi connectivity index (χ0n) is 15.5. The number of likely N-dealkylation sites (N-methyl/N-ethyl adjacent to an activating group) is 1. The van der Waals surface area contributed by atoms with E-state index in [1.54, 1.807) is 31.1 Å². The van der Waals surface area contributed by atoms with Crippen LogP contribution in [0.3, 0.4) is 0 Å². The third-order valence-electron chi connectivity index (χ3n) is 4.52. The summed E-state index contributed by atoms with van der Waals surface area (Å²) in [5.74, 6) is 0.0557. The van der Waals surface area contributed by atoms with Gasteiger partial charge in [-0.15, -0.1) is 0 Å². The van der Waals surface area contributed by atoms with Crippen LogP contribution in [0.2, 0.25) is 5.02 Å². The van der Waals surface area contributed by atoms with E-state index in [1.807, 2.05) is 4.90 Å². The van der Waals surface area contributed by atoms with Crippen LogP contribution in [-0.4, -0.2) is 61.0 Å². The fourth-order valence-corrected chi connectivity index (χ4v) is 3.47. The summed E-state index contributed by atoms with van der Waals surface area (Å²) in [5, 5.41) is 9.63. The summed E-state index contributed by atoms with van der Waals surface area (Å²) >= 11 is 6.39. The first-order valence-electron chi connectivity index (χ1n) is 8.28. The third-order valence-corrected chi connectivity index (χ3v) is 4.93. The second-order valence-electron chi connectivity index (χ2n) is 7.57. The van der Waals surface area contributed by atoms with E-state index in [1.165, 1.54) is 0 Å². The topological polar surface area (TPSA) is 76.6 Å². The summed E-state index contributed by atoms with van der Waals surface area (Å²) in [7, 11) is 3.53. The van der Waals surface area contributed by atoms with Crippen molar-refractivity contribution in [2.75, 3.05) is 44.4 Å². The molecule has 6 nitrogen and oxygen atoms in total. The van der Waals surface area contributed by atoms with Crippen molar-refractivity contribution >= 4 is 28.9 Å². The highest BCUT2D eigenvalue weighted by Gasteiger charge is 2.39. The molecule has 2 N–H and O–H groups in total. The summed E-state index contributed by atoms with van der Waals surface area (Å²) in [4.78, 5) is 18.6. The number of rotatable bonds is 2. The number of halogens is 1. The SMILES string of the molecule is CN(C)C(=O)C1CN(c2cc(C#N)cc(N)c2Cl)CCN1C(C)(C)C. The lowest BCUT2D eigenvalue weighted by atomic mass is 9.98. The number of hydrogen-bond acceptors (Lipinski definition) is 5. The minimum Gasteiger partial charge on any atom is -0.397 e. The molecule has 1 amide bonds. The van der Waals surface area contributed by atoms with E-state index >= 15 is 0 Å². The summed E-state index contributed by atoms with van der Waals surface area (Å²) in [5.41, 5.74) is 7.38. The molecule has 1 aromatic rings. The number of amides is 1. The second-order valence-corrected chi connectivity index (χ2v) is 7.95. The van der Waals surface area contributed by atoms with Gasteiger partial charge in [0.15, 0.2) is 0 Å². The predicted molar refractivity (Wildman–Crippen MR) is 102 cm³/mol. The molecule has 0 spiro atoms. The first kappa shape index (κ1) is 19.4. The Labute approximate surface area is 154 Å². The van der Waals surface area contributed by atoms with Crippen LogP contribution in [0.4, 0.5) is 11.4 Å². The Morgan fingerprint density at radius 1 is 1.36 bits per heavy atom. The molecule has 1 heterocycles. The van der Waals surface area contributed by atoms with Crippen LogP contribution in [0.15, 0.2) is 12.1 Å². The zero-order valence-corrected chi connectivity index (χ0v) is 16.3. The molecule has 136 valence electrons. The number of carbonyl (C=O) groups excluding carboxylic acids is 1. The minimum absolute atomic E-state index is 0.0557. The molecule has 1 unspecified atom stereocenters. The van der Waals surface area contributed by atoms with Crippen molar-refractivity contribution in [3.63, 3.8) is 0 Å². The molecule has 0 aromatic heterocycles. The van der Waals surface area contributed by atoms with Crippen LogP contribution in [0.25, 0.3) is 0 Å². The average Bonchev–Trinajstić information content (AvgIpc) is 2.54. The van der Waals surface area contributed by atoms with Gasteiger partial charge in [0, 0.05) is 39.3 Å². The maximum Gasteiger partial charge on any atom is 0.241 e. The van der Waals surface area contributed by atoms with Gasteiger partial charge < -0.3 is 15.5 Å². The van der Waals surface area contributed by atoms with E-state index in [9.17, 15) is 10.1 Å². The van der Waals surface area contributed by atoms with E-state index in [0.717, 1.165) is 6.54 Å². The maximum absolute atomic E-state index is 12.8. The van der Waals surface area contributed by atoms with Crippen molar-refractivity contribution < 1.29 is 4.79 Å². The number of nitrogen functional groups attached to an aromatic ring is 1. The molecule has 0 bridgehead atoms. The van der Waals surface area contributed by atoms with Gasteiger partial charge in [0.05, 0.1) is 28.0 Å². The number of carbonyl (C=O) groups is 1. The lowest BCUT2D eigenvalue weighted by Crippen LogP contribution is -2.63. The number of piperazine rings is 1. The van der Waals surface area contributed by atoms with Crippen LogP contribution in [0.1, 0.15) is 26.3 Å². The van der Waals surface area contributed by atoms with Gasteiger partial charge in [0.25, 0.3) is 0 Å². The number of nitriles is 1. The van der Waals surface area contributed by atoms with Crippen molar-refractivity contribution in [3.05, 3.63) is 22.7 Å². The second kappa shape index (κ2) is 7.11. The fraction of sp³-hybridized carbons (Fsp3) is 0.556. The van der Waals surface area contributed by atoms with Crippen LogP contribution < -0.4 is 10.6 Å². The Balaban J connectivity index is 2.40. The van der Waals surface area contributed by atoms with E-state index < -0.39 is 0 Å². The Morgan fingerprint density at radius 3 is 2.52 bits per heavy atom. The van der Waals surface area contributed by atoms with Crippen LogP contribution >= 0.6 is 11.6 Å². The summed E-state index contributed by atoms with van der Waals surface area (Å²) < 4.78 is 0. The molecule has 25 heavy (non-hydrogen) atoms. The molecule has 1 atom stereocenters. The molecular weight excluding hydrogens is 338 g/mol. The number of hydrogen-bond donors (Lipinski definition) is 1. The summed E-state index contributed by atoms with van der Waals surface area (Å²) in [6.45, 7) is 8.27. The fourth-order valence-electron chi connectivity index (χ4n) is 3.24. The molecule has 0 saturated carbocycles. The van der Waals surface area contributed by atoms with Gasteiger partial charge in [0.2, 0.25) is 5.91 Å². The van der Waals surface area contributed by atoms with Crippen molar-refractivity contribution in [2.45, 2.75) is 32.4 Å². The minimum atomic E-state index is -0.285. The van der Waals surface area contributed by atoms with Crippen molar-refractivity contribution in [2.24, 2.45) is 0 Å². The van der Waals surface area contributed by atoms with Gasteiger partial charge in [0.1, 0.15) is 6.04 Å². The van der Waals surface area contributed by atoms with Crippen LogP contribution in [-0.2, 0) is 4.79 Å². The quantitative estimate of drug-likeness (QED) is 0.815. The number of nitrogens with two attached hydrogens (primary N) is 1. The molecule has 1 saturated heterocycles.